The molecule has 1 amide bonds. The van der Waals surface area contributed by atoms with Gasteiger partial charge in [0.15, 0.2) is 5.78 Å². The highest BCUT2D eigenvalue weighted by Gasteiger charge is 2.39. The SMILES string of the molecule is CN1C2=C(C(=O)Nc3ccccc3F)C(=O)CCN2c2ccc(F)cc21. The van der Waals surface area contributed by atoms with E-state index in [1.165, 1.54) is 30.3 Å². The molecular weight excluding hydrogens is 340 g/mol. The quantitative estimate of drug-likeness (QED) is 0.842. The first-order valence-corrected chi connectivity index (χ1v) is 8.11. The Labute approximate surface area is 148 Å². The number of ketones is 1. The Morgan fingerprint density at radius 3 is 2.65 bits per heavy atom. The molecule has 132 valence electrons. The molecule has 2 aliphatic rings. The van der Waals surface area contributed by atoms with Gasteiger partial charge in [-0.2, -0.15) is 0 Å². The van der Waals surface area contributed by atoms with Gasteiger partial charge in [0, 0.05) is 20.0 Å². The Balaban J connectivity index is 1.78. The number of hydrogen-bond acceptors (Lipinski definition) is 4. The minimum absolute atomic E-state index is 0.000248. The second-order valence-corrected chi connectivity index (χ2v) is 6.15. The summed E-state index contributed by atoms with van der Waals surface area (Å²) >= 11 is 0. The lowest BCUT2D eigenvalue weighted by Crippen LogP contribution is -2.39. The van der Waals surface area contributed by atoms with Gasteiger partial charge in [0.25, 0.3) is 5.91 Å². The van der Waals surface area contributed by atoms with Gasteiger partial charge in [-0.15, -0.1) is 0 Å². The lowest BCUT2D eigenvalue weighted by molar-refractivity contribution is -0.120. The van der Waals surface area contributed by atoms with Crippen LogP contribution in [-0.2, 0) is 9.59 Å². The molecule has 2 aromatic rings. The van der Waals surface area contributed by atoms with Crippen molar-refractivity contribution >= 4 is 28.8 Å². The summed E-state index contributed by atoms with van der Waals surface area (Å²) < 4.78 is 27.5. The summed E-state index contributed by atoms with van der Waals surface area (Å²) in [5.74, 6) is -1.61. The van der Waals surface area contributed by atoms with E-state index in [9.17, 15) is 18.4 Å². The van der Waals surface area contributed by atoms with Gasteiger partial charge in [-0.1, -0.05) is 12.1 Å². The van der Waals surface area contributed by atoms with Crippen LogP contribution in [0.3, 0.4) is 0 Å². The predicted octanol–water partition coefficient (Wildman–Crippen LogP) is 3.04. The highest BCUT2D eigenvalue weighted by molar-refractivity contribution is 6.25. The predicted molar refractivity (Wildman–Crippen MR) is 93.8 cm³/mol. The molecule has 0 aromatic heterocycles. The first-order chi connectivity index (χ1) is 12.5. The normalized spacial score (nSPS) is 15.9. The molecular formula is C19H15F2N3O2. The number of hydrogen-bond donors (Lipinski definition) is 1. The van der Waals surface area contributed by atoms with E-state index in [1.807, 2.05) is 4.90 Å². The lowest BCUT2D eigenvalue weighted by atomic mass is 10.0. The first kappa shape index (κ1) is 16.3. The molecule has 0 fully saturated rings. The number of carbonyl (C=O) groups excluding carboxylic acids is 2. The van der Waals surface area contributed by atoms with Gasteiger partial charge < -0.3 is 15.1 Å². The molecule has 0 atom stereocenters. The van der Waals surface area contributed by atoms with Crippen LogP contribution >= 0.6 is 0 Å². The number of nitrogens with one attached hydrogen (secondary N) is 1. The van der Waals surface area contributed by atoms with Crippen LogP contribution < -0.4 is 15.1 Å². The van der Waals surface area contributed by atoms with Crippen LogP contribution in [0.1, 0.15) is 6.42 Å². The zero-order valence-corrected chi connectivity index (χ0v) is 13.9. The molecule has 0 bridgehead atoms. The maximum Gasteiger partial charge on any atom is 0.263 e. The number of amides is 1. The van der Waals surface area contributed by atoms with Gasteiger partial charge in [0.1, 0.15) is 23.0 Å². The van der Waals surface area contributed by atoms with E-state index in [0.717, 1.165) is 5.69 Å². The Kier molecular flexibility index (Phi) is 3.72. The van der Waals surface area contributed by atoms with Crippen molar-refractivity contribution in [3.63, 3.8) is 0 Å². The maximum atomic E-state index is 13.8. The van der Waals surface area contributed by atoms with E-state index in [-0.39, 0.29) is 23.5 Å². The Bertz CT molecular complexity index is 971. The molecule has 0 radical (unpaired) electrons. The summed E-state index contributed by atoms with van der Waals surface area (Å²) in [6.45, 7) is 0.396. The third-order valence-corrected chi connectivity index (χ3v) is 4.58. The van der Waals surface area contributed by atoms with E-state index in [2.05, 4.69) is 5.32 Å². The molecule has 5 nitrogen and oxygen atoms in total. The van der Waals surface area contributed by atoms with Crippen LogP contribution in [0.25, 0.3) is 0 Å². The largest absolute Gasteiger partial charge is 0.328 e. The number of benzene rings is 2. The molecule has 7 heteroatoms. The molecule has 0 saturated heterocycles. The third-order valence-electron chi connectivity index (χ3n) is 4.58. The lowest BCUT2D eigenvalue weighted by Gasteiger charge is -2.29. The highest BCUT2D eigenvalue weighted by atomic mass is 19.1. The zero-order valence-electron chi connectivity index (χ0n) is 13.9. The summed E-state index contributed by atoms with van der Waals surface area (Å²) in [6, 6.07) is 10.1. The molecule has 2 aromatic carbocycles. The molecule has 4 rings (SSSR count). The van der Waals surface area contributed by atoms with Crippen molar-refractivity contribution in [1.29, 1.82) is 0 Å². The number of para-hydroxylation sites is 1. The summed E-state index contributed by atoms with van der Waals surface area (Å²) in [5.41, 5.74) is 1.25. The Hall–Kier alpha value is -3.22. The van der Waals surface area contributed by atoms with Gasteiger partial charge >= 0.3 is 0 Å². The second-order valence-electron chi connectivity index (χ2n) is 6.15. The fraction of sp³-hybridized carbons (Fsp3) is 0.158. The van der Waals surface area contributed by atoms with Crippen molar-refractivity contribution < 1.29 is 18.4 Å². The Morgan fingerprint density at radius 1 is 1.12 bits per heavy atom. The van der Waals surface area contributed by atoms with Crippen molar-refractivity contribution in [3.8, 4) is 0 Å². The monoisotopic (exact) mass is 355 g/mol. The molecule has 26 heavy (non-hydrogen) atoms. The first-order valence-electron chi connectivity index (χ1n) is 8.11. The van der Waals surface area contributed by atoms with Gasteiger partial charge in [-0.3, -0.25) is 9.59 Å². The standard InChI is InChI=1S/C19H15F2N3O2/c1-23-15-10-11(20)6-7-14(15)24-9-8-16(25)17(19(23)24)18(26)22-13-5-3-2-4-12(13)21/h2-7,10H,8-9H2,1H3,(H,22,26). The van der Waals surface area contributed by atoms with Crippen molar-refractivity contribution in [2.24, 2.45) is 0 Å². The van der Waals surface area contributed by atoms with Crippen LogP contribution in [0.5, 0.6) is 0 Å². The summed E-state index contributed by atoms with van der Waals surface area (Å²) in [5, 5.41) is 2.46. The molecule has 2 heterocycles. The van der Waals surface area contributed by atoms with Crippen molar-refractivity contribution in [2.75, 3.05) is 28.7 Å². The molecule has 0 unspecified atom stereocenters. The van der Waals surface area contributed by atoms with Crippen LogP contribution in [0, 0.1) is 11.6 Å². The van der Waals surface area contributed by atoms with Gasteiger partial charge in [0.05, 0.1) is 17.1 Å². The molecule has 0 spiro atoms. The average Bonchev–Trinajstić information content (AvgIpc) is 2.89. The van der Waals surface area contributed by atoms with E-state index in [4.69, 9.17) is 0 Å². The fourth-order valence-corrected chi connectivity index (χ4v) is 3.37. The summed E-state index contributed by atoms with van der Waals surface area (Å²) in [6.07, 6.45) is 0.147. The van der Waals surface area contributed by atoms with E-state index >= 15 is 0 Å². The van der Waals surface area contributed by atoms with E-state index in [1.54, 1.807) is 24.1 Å². The summed E-state index contributed by atoms with van der Waals surface area (Å²) in [4.78, 5) is 28.7. The number of anilines is 3. The van der Waals surface area contributed by atoms with Crippen LogP contribution in [-0.4, -0.2) is 25.3 Å². The van der Waals surface area contributed by atoms with E-state index < -0.39 is 17.5 Å². The molecule has 2 aliphatic heterocycles. The van der Waals surface area contributed by atoms with E-state index in [0.29, 0.717) is 18.1 Å². The van der Waals surface area contributed by atoms with Crippen molar-refractivity contribution in [2.45, 2.75) is 6.42 Å². The molecule has 0 aliphatic carbocycles. The number of nitrogens with zero attached hydrogens (tertiary/aromatic N) is 2. The van der Waals surface area contributed by atoms with Crippen LogP contribution in [0.15, 0.2) is 53.9 Å². The number of rotatable bonds is 2. The minimum atomic E-state index is -0.681. The van der Waals surface area contributed by atoms with Gasteiger partial charge in [-0.25, -0.2) is 8.78 Å². The molecule has 1 N–H and O–H groups in total. The third kappa shape index (κ3) is 2.44. The van der Waals surface area contributed by atoms with Crippen molar-refractivity contribution in [3.05, 3.63) is 65.5 Å². The number of Topliss-reactive ketones (excluding diaryl/α,β-unsaturated/α-hetero) is 1. The Morgan fingerprint density at radius 2 is 1.88 bits per heavy atom. The summed E-state index contributed by atoms with van der Waals surface area (Å²) in [7, 11) is 1.67. The number of fused-ring (bicyclic) bond motifs is 3. The van der Waals surface area contributed by atoms with Crippen LogP contribution in [0.4, 0.5) is 25.8 Å². The average molecular weight is 355 g/mol. The number of carbonyl (C=O) groups is 2. The maximum absolute atomic E-state index is 13.8. The van der Waals surface area contributed by atoms with Crippen molar-refractivity contribution in [1.82, 2.24) is 0 Å². The second kappa shape index (κ2) is 5.94. The smallest absolute Gasteiger partial charge is 0.263 e. The van der Waals surface area contributed by atoms with Crippen LogP contribution in [0.2, 0.25) is 0 Å². The topological polar surface area (TPSA) is 52.7 Å². The molecule has 0 saturated carbocycles. The van der Waals surface area contributed by atoms with Gasteiger partial charge in [0.2, 0.25) is 0 Å². The fourth-order valence-electron chi connectivity index (χ4n) is 3.37. The minimum Gasteiger partial charge on any atom is -0.328 e. The number of halogens is 2. The zero-order chi connectivity index (χ0) is 18.4. The van der Waals surface area contributed by atoms with Gasteiger partial charge in [-0.05, 0) is 30.3 Å². The highest BCUT2D eigenvalue weighted by Crippen LogP contribution is 2.44.